The van der Waals surface area contributed by atoms with Crippen LogP contribution in [0.4, 0.5) is 10.5 Å². The minimum absolute atomic E-state index is 0.342. The fourth-order valence-corrected chi connectivity index (χ4v) is 3.50. The van der Waals surface area contributed by atoms with E-state index in [4.69, 9.17) is 27.7 Å². The molecule has 0 spiro atoms. The van der Waals surface area contributed by atoms with Gasteiger partial charge in [-0.15, -0.1) is 11.6 Å². The maximum absolute atomic E-state index is 12.2. The van der Waals surface area contributed by atoms with Crippen molar-refractivity contribution in [2.75, 3.05) is 4.90 Å². The van der Waals surface area contributed by atoms with Crippen molar-refractivity contribution in [2.24, 2.45) is 0 Å². The molecule has 1 N–H and O–H groups in total. The second kappa shape index (κ2) is 8.03. The van der Waals surface area contributed by atoms with Crippen LogP contribution in [0.1, 0.15) is 29.8 Å². The Balaban J connectivity index is 2.13. The third kappa shape index (κ3) is 3.80. The number of hydrogen-bond donors (Lipinski definition) is 1. The van der Waals surface area contributed by atoms with E-state index in [1.807, 2.05) is 30.3 Å². The molecule has 3 rings (SSSR count). The van der Waals surface area contributed by atoms with Gasteiger partial charge < -0.3 is 9.63 Å². The molecule has 1 unspecified atom stereocenters. The van der Waals surface area contributed by atoms with Crippen LogP contribution >= 0.6 is 23.2 Å². The lowest BCUT2D eigenvalue weighted by molar-refractivity contribution is 0.199. The number of amides is 1. The first-order valence-electron chi connectivity index (χ1n) is 8.32. The molecule has 7 heteroatoms. The van der Waals surface area contributed by atoms with Crippen molar-refractivity contribution in [3.8, 4) is 11.3 Å². The van der Waals surface area contributed by atoms with E-state index in [1.54, 1.807) is 32.0 Å². The van der Waals surface area contributed by atoms with Gasteiger partial charge in [0.1, 0.15) is 11.4 Å². The van der Waals surface area contributed by atoms with Crippen molar-refractivity contribution in [2.45, 2.75) is 25.8 Å². The molecule has 0 saturated carbocycles. The molecule has 0 aliphatic heterocycles. The molecule has 1 amide bonds. The molecule has 0 aliphatic rings. The van der Waals surface area contributed by atoms with Crippen LogP contribution in [-0.2, 0) is 5.88 Å². The summed E-state index contributed by atoms with van der Waals surface area (Å²) in [4.78, 5) is 13.4. The maximum Gasteiger partial charge on any atom is 0.412 e. The number of hydrogen-bond acceptors (Lipinski definition) is 3. The summed E-state index contributed by atoms with van der Waals surface area (Å²) in [6.45, 7) is 3.49. The van der Waals surface area contributed by atoms with Crippen LogP contribution in [0.3, 0.4) is 0 Å². The number of benzene rings is 2. The van der Waals surface area contributed by atoms with Gasteiger partial charge in [0.25, 0.3) is 0 Å². The average molecular weight is 405 g/mol. The third-order valence-corrected chi connectivity index (χ3v) is 5.02. The monoisotopic (exact) mass is 404 g/mol. The van der Waals surface area contributed by atoms with Crippen molar-refractivity contribution in [3.05, 3.63) is 70.4 Å². The highest BCUT2D eigenvalue weighted by Crippen LogP contribution is 2.39. The molecule has 0 bridgehead atoms. The Kier molecular flexibility index (Phi) is 5.73. The highest BCUT2D eigenvalue weighted by molar-refractivity contribution is 6.31. The number of aromatic nitrogens is 1. The Hall–Kier alpha value is -2.50. The second-order valence-electron chi connectivity index (χ2n) is 6.13. The number of anilines is 1. The highest BCUT2D eigenvalue weighted by atomic mass is 35.5. The molecule has 1 atom stereocenters. The molecule has 5 nitrogen and oxygen atoms in total. The lowest BCUT2D eigenvalue weighted by Crippen LogP contribution is -2.33. The predicted octanol–water partition coefficient (Wildman–Crippen LogP) is 6.29. The van der Waals surface area contributed by atoms with Crippen LogP contribution in [0.25, 0.3) is 11.3 Å². The zero-order valence-corrected chi connectivity index (χ0v) is 16.3. The number of carbonyl (C=O) groups is 1. The zero-order valence-electron chi connectivity index (χ0n) is 14.8. The maximum atomic E-state index is 12.2. The van der Waals surface area contributed by atoms with Crippen molar-refractivity contribution < 1.29 is 14.4 Å². The lowest BCUT2D eigenvalue weighted by Gasteiger charge is -2.27. The summed E-state index contributed by atoms with van der Waals surface area (Å²) in [6.07, 6.45) is -1.12. The van der Waals surface area contributed by atoms with Gasteiger partial charge in [-0.1, -0.05) is 53.2 Å². The molecule has 1 aromatic heterocycles. The van der Waals surface area contributed by atoms with Gasteiger partial charge in [-0.05, 0) is 37.1 Å². The van der Waals surface area contributed by atoms with Crippen molar-refractivity contribution in [1.29, 1.82) is 0 Å². The standard InChI is InChI=1S/C20H18Cl2N2O3/c1-12-18(19(27-23-12)15-7-5-6-14(10-15)11-21)24(20(25)26)13(2)16-8-3-4-9-17(16)22/h3-10,13H,11H2,1-2H3,(H,25,26). The number of aryl methyl sites for hydroxylation is 1. The molecular formula is C20H18Cl2N2O3. The molecule has 1 heterocycles. The van der Waals surface area contributed by atoms with Crippen LogP contribution in [0.5, 0.6) is 0 Å². The van der Waals surface area contributed by atoms with E-state index in [0.29, 0.717) is 39.2 Å². The highest BCUT2D eigenvalue weighted by Gasteiger charge is 2.31. The van der Waals surface area contributed by atoms with Gasteiger partial charge in [0.2, 0.25) is 0 Å². The normalized spacial score (nSPS) is 12.0. The van der Waals surface area contributed by atoms with Crippen molar-refractivity contribution in [3.63, 3.8) is 0 Å². The molecule has 140 valence electrons. The largest absolute Gasteiger partial charge is 0.465 e. The van der Waals surface area contributed by atoms with Gasteiger partial charge in [-0.2, -0.15) is 0 Å². The first-order chi connectivity index (χ1) is 12.9. The van der Waals surface area contributed by atoms with Gasteiger partial charge in [-0.25, -0.2) is 4.79 Å². The summed E-state index contributed by atoms with van der Waals surface area (Å²) in [7, 11) is 0. The Morgan fingerprint density at radius 3 is 2.67 bits per heavy atom. The Bertz CT molecular complexity index is 971. The van der Waals surface area contributed by atoms with Crippen LogP contribution in [0.2, 0.25) is 5.02 Å². The summed E-state index contributed by atoms with van der Waals surface area (Å²) in [5.41, 5.74) is 3.17. The lowest BCUT2D eigenvalue weighted by atomic mass is 10.0. The third-order valence-electron chi connectivity index (χ3n) is 4.36. The van der Waals surface area contributed by atoms with Gasteiger partial charge in [0, 0.05) is 16.5 Å². The molecular weight excluding hydrogens is 387 g/mol. The summed E-state index contributed by atoms with van der Waals surface area (Å²) < 4.78 is 5.50. The van der Waals surface area contributed by atoms with Crippen LogP contribution in [0.15, 0.2) is 53.1 Å². The van der Waals surface area contributed by atoms with E-state index >= 15 is 0 Å². The Morgan fingerprint density at radius 1 is 1.26 bits per heavy atom. The first kappa shape index (κ1) is 19.3. The smallest absolute Gasteiger partial charge is 0.412 e. The fraction of sp³-hybridized carbons (Fsp3) is 0.200. The fourth-order valence-electron chi connectivity index (χ4n) is 3.04. The Morgan fingerprint density at radius 2 is 2.00 bits per heavy atom. The minimum atomic E-state index is -1.12. The molecule has 2 aromatic carbocycles. The number of halogens is 2. The van der Waals surface area contributed by atoms with E-state index in [0.717, 1.165) is 5.56 Å². The van der Waals surface area contributed by atoms with E-state index in [9.17, 15) is 9.90 Å². The summed E-state index contributed by atoms with van der Waals surface area (Å²) >= 11 is 12.2. The van der Waals surface area contributed by atoms with Gasteiger partial charge >= 0.3 is 6.09 Å². The minimum Gasteiger partial charge on any atom is -0.465 e. The second-order valence-corrected chi connectivity index (χ2v) is 6.80. The topological polar surface area (TPSA) is 66.6 Å². The van der Waals surface area contributed by atoms with E-state index in [-0.39, 0.29) is 0 Å². The number of nitrogens with zero attached hydrogens (tertiary/aromatic N) is 2. The number of carboxylic acid groups (broad SMARTS) is 1. The van der Waals surface area contributed by atoms with Gasteiger partial charge in [-0.3, -0.25) is 4.90 Å². The first-order valence-corrected chi connectivity index (χ1v) is 9.23. The molecule has 0 aliphatic carbocycles. The quantitative estimate of drug-likeness (QED) is 0.507. The van der Waals surface area contributed by atoms with Crippen LogP contribution < -0.4 is 4.90 Å². The van der Waals surface area contributed by atoms with E-state index in [1.165, 1.54) is 4.90 Å². The summed E-state index contributed by atoms with van der Waals surface area (Å²) in [6, 6.07) is 14.1. The SMILES string of the molecule is Cc1noc(-c2cccc(CCl)c2)c1N(C(=O)O)C(C)c1ccccc1Cl. The van der Waals surface area contributed by atoms with Gasteiger partial charge in [0.05, 0.1) is 6.04 Å². The molecule has 0 saturated heterocycles. The Labute approximate surface area is 167 Å². The van der Waals surface area contributed by atoms with Crippen molar-refractivity contribution in [1.82, 2.24) is 5.16 Å². The predicted molar refractivity (Wildman–Crippen MR) is 107 cm³/mol. The van der Waals surface area contributed by atoms with E-state index < -0.39 is 12.1 Å². The molecule has 0 fully saturated rings. The molecule has 3 aromatic rings. The number of alkyl halides is 1. The molecule has 0 radical (unpaired) electrons. The summed E-state index contributed by atoms with van der Waals surface area (Å²) in [5.74, 6) is 0.718. The van der Waals surface area contributed by atoms with E-state index in [2.05, 4.69) is 5.16 Å². The van der Waals surface area contributed by atoms with Gasteiger partial charge in [0.15, 0.2) is 5.76 Å². The zero-order chi connectivity index (χ0) is 19.6. The summed E-state index contributed by atoms with van der Waals surface area (Å²) in [5, 5.41) is 14.5. The average Bonchev–Trinajstić information content (AvgIpc) is 3.03. The molecule has 27 heavy (non-hydrogen) atoms. The number of rotatable bonds is 5. The van der Waals surface area contributed by atoms with Crippen LogP contribution in [0, 0.1) is 6.92 Å². The van der Waals surface area contributed by atoms with Crippen molar-refractivity contribution >= 4 is 35.0 Å². The van der Waals surface area contributed by atoms with Crippen LogP contribution in [-0.4, -0.2) is 16.4 Å².